The van der Waals surface area contributed by atoms with Crippen LogP contribution in [0.4, 0.5) is 0 Å². The molecule has 1 heterocycles. The summed E-state index contributed by atoms with van der Waals surface area (Å²) < 4.78 is 5.49. The van der Waals surface area contributed by atoms with Crippen molar-refractivity contribution in [2.75, 3.05) is 13.2 Å². The van der Waals surface area contributed by atoms with Gasteiger partial charge in [0.2, 0.25) is 0 Å². The number of carboxylic acids is 1. The van der Waals surface area contributed by atoms with Gasteiger partial charge in [0.25, 0.3) is 0 Å². The van der Waals surface area contributed by atoms with Gasteiger partial charge in [0, 0.05) is 13.0 Å². The predicted molar refractivity (Wildman–Crippen MR) is 78.3 cm³/mol. The van der Waals surface area contributed by atoms with Crippen LogP contribution < -0.4 is 10.1 Å². The molecule has 1 aromatic carbocycles. The van der Waals surface area contributed by atoms with E-state index in [1.165, 1.54) is 11.1 Å². The van der Waals surface area contributed by atoms with Crippen molar-refractivity contribution in [1.82, 2.24) is 5.32 Å². The van der Waals surface area contributed by atoms with Gasteiger partial charge in [-0.1, -0.05) is 26.0 Å². The van der Waals surface area contributed by atoms with Crippen LogP contribution >= 0.6 is 0 Å². The molecule has 1 aromatic rings. The Bertz CT molecular complexity index is 481. The average Bonchev–Trinajstić information content (AvgIpc) is 2.91. The molecular formula is C16H23NO3. The van der Waals surface area contributed by atoms with Gasteiger partial charge in [-0.25, -0.2) is 0 Å². The van der Waals surface area contributed by atoms with Crippen molar-refractivity contribution in [2.24, 2.45) is 0 Å². The summed E-state index contributed by atoms with van der Waals surface area (Å²) in [5, 5.41) is 12.6. The molecule has 0 saturated carbocycles. The van der Waals surface area contributed by atoms with E-state index in [0.29, 0.717) is 19.4 Å². The van der Waals surface area contributed by atoms with Gasteiger partial charge in [0.15, 0.2) is 0 Å². The van der Waals surface area contributed by atoms with Crippen molar-refractivity contribution >= 4 is 5.97 Å². The number of carboxylic acid groups (broad SMARTS) is 1. The first-order chi connectivity index (χ1) is 9.61. The molecule has 110 valence electrons. The van der Waals surface area contributed by atoms with Crippen molar-refractivity contribution < 1.29 is 14.6 Å². The van der Waals surface area contributed by atoms with Crippen LogP contribution in [-0.4, -0.2) is 29.8 Å². The minimum Gasteiger partial charge on any atom is -0.493 e. The molecule has 20 heavy (non-hydrogen) atoms. The summed E-state index contributed by atoms with van der Waals surface area (Å²) in [6.07, 6.45) is 3.00. The summed E-state index contributed by atoms with van der Waals surface area (Å²) in [7, 11) is 0. The standard InChI is InChI=1S/C16H23NO3/c1-3-16(4-2,15(18)19)17-9-7-12-5-6-14-13(11-12)8-10-20-14/h5-6,11,17H,3-4,7-10H2,1-2H3,(H,18,19). The summed E-state index contributed by atoms with van der Waals surface area (Å²) >= 11 is 0. The van der Waals surface area contributed by atoms with Gasteiger partial charge in [0.1, 0.15) is 11.3 Å². The molecule has 0 aromatic heterocycles. The van der Waals surface area contributed by atoms with Gasteiger partial charge in [-0.15, -0.1) is 0 Å². The predicted octanol–water partition coefficient (Wildman–Crippen LogP) is 2.40. The highest BCUT2D eigenvalue weighted by Crippen LogP contribution is 2.26. The SMILES string of the molecule is CCC(CC)(NCCc1ccc2c(c1)CCO2)C(=O)O. The van der Waals surface area contributed by atoms with E-state index in [-0.39, 0.29) is 0 Å². The largest absolute Gasteiger partial charge is 0.493 e. The van der Waals surface area contributed by atoms with Gasteiger partial charge in [-0.05, 0) is 36.5 Å². The number of nitrogens with one attached hydrogen (secondary N) is 1. The van der Waals surface area contributed by atoms with Gasteiger partial charge < -0.3 is 15.2 Å². The number of rotatable bonds is 7. The summed E-state index contributed by atoms with van der Waals surface area (Å²) in [5.41, 5.74) is 1.70. The first-order valence-electron chi connectivity index (χ1n) is 7.34. The highest BCUT2D eigenvalue weighted by Gasteiger charge is 2.33. The fraction of sp³-hybridized carbons (Fsp3) is 0.562. The molecule has 0 spiro atoms. The maximum atomic E-state index is 11.4. The van der Waals surface area contributed by atoms with Gasteiger partial charge in [-0.3, -0.25) is 4.79 Å². The van der Waals surface area contributed by atoms with Crippen LogP contribution in [0.15, 0.2) is 18.2 Å². The molecule has 0 unspecified atom stereocenters. The lowest BCUT2D eigenvalue weighted by atomic mass is 9.92. The summed E-state index contributed by atoms with van der Waals surface area (Å²) in [6, 6.07) is 6.25. The van der Waals surface area contributed by atoms with Crippen LogP contribution in [-0.2, 0) is 17.6 Å². The molecule has 4 heteroatoms. The lowest BCUT2D eigenvalue weighted by Crippen LogP contribution is -2.51. The van der Waals surface area contributed by atoms with E-state index in [2.05, 4.69) is 17.4 Å². The molecule has 0 atom stereocenters. The van der Waals surface area contributed by atoms with Crippen LogP contribution in [0.5, 0.6) is 5.75 Å². The number of hydrogen-bond acceptors (Lipinski definition) is 3. The molecule has 0 bridgehead atoms. The Morgan fingerprint density at radius 2 is 2.15 bits per heavy atom. The molecule has 2 rings (SSSR count). The number of aliphatic carboxylic acids is 1. The normalized spacial score (nSPS) is 13.9. The smallest absolute Gasteiger partial charge is 0.323 e. The van der Waals surface area contributed by atoms with E-state index in [0.717, 1.165) is 25.2 Å². The average molecular weight is 277 g/mol. The third kappa shape index (κ3) is 2.96. The number of benzene rings is 1. The van der Waals surface area contributed by atoms with Crippen molar-refractivity contribution in [3.63, 3.8) is 0 Å². The molecule has 0 amide bonds. The Kier molecular flexibility index (Phi) is 4.65. The Morgan fingerprint density at radius 1 is 1.40 bits per heavy atom. The lowest BCUT2D eigenvalue weighted by molar-refractivity contribution is -0.145. The van der Waals surface area contributed by atoms with Crippen LogP contribution in [0.2, 0.25) is 0 Å². The van der Waals surface area contributed by atoms with Gasteiger partial charge in [0.05, 0.1) is 6.61 Å². The summed E-state index contributed by atoms with van der Waals surface area (Å²) in [6.45, 7) is 5.27. The molecule has 0 radical (unpaired) electrons. The highest BCUT2D eigenvalue weighted by molar-refractivity contribution is 5.78. The first-order valence-corrected chi connectivity index (χ1v) is 7.34. The maximum Gasteiger partial charge on any atom is 0.323 e. The topological polar surface area (TPSA) is 58.6 Å². The quantitative estimate of drug-likeness (QED) is 0.803. The zero-order chi connectivity index (χ0) is 14.6. The molecule has 0 aliphatic carbocycles. The van der Waals surface area contributed by atoms with E-state index in [1.807, 2.05) is 19.9 Å². The van der Waals surface area contributed by atoms with E-state index in [4.69, 9.17) is 4.74 Å². The van der Waals surface area contributed by atoms with E-state index < -0.39 is 11.5 Å². The van der Waals surface area contributed by atoms with Crippen LogP contribution in [0, 0.1) is 0 Å². The van der Waals surface area contributed by atoms with Crippen LogP contribution in [0.1, 0.15) is 37.8 Å². The molecule has 4 nitrogen and oxygen atoms in total. The minimum absolute atomic E-state index is 0.594. The number of hydrogen-bond donors (Lipinski definition) is 2. The van der Waals surface area contributed by atoms with Gasteiger partial charge >= 0.3 is 5.97 Å². The van der Waals surface area contributed by atoms with Crippen LogP contribution in [0.25, 0.3) is 0 Å². The minimum atomic E-state index is -0.792. The van der Waals surface area contributed by atoms with E-state index >= 15 is 0 Å². The van der Waals surface area contributed by atoms with E-state index in [9.17, 15) is 9.90 Å². The van der Waals surface area contributed by atoms with Crippen LogP contribution in [0.3, 0.4) is 0 Å². The lowest BCUT2D eigenvalue weighted by Gasteiger charge is -2.28. The molecule has 1 aliphatic heterocycles. The molecular weight excluding hydrogens is 254 g/mol. The zero-order valence-corrected chi connectivity index (χ0v) is 12.2. The molecule has 0 fully saturated rings. The monoisotopic (exact) mass is 277 g/mol. The van der Waals surface area contributed by atoms with Crippen molar-refractivity contribution in [3.05, 3.63) is 29.3 Å². The number of carbonyl (C=O) groups is 1. The number of ether oxygens (including phenoxy) is 1. The Labute approximate surface area is 120 Å². The summed E-state index contributed by atoms with van der Waals surface area (Å²) in [4.78, 5) is 11.4. The summed E-state index contributed by atoms with van der Waals surface area (Å²) in [5.74, 6) is 0.230. The second-order valence-electron chi connectivity index (χ2n) is 5.31. The van der Waals surface area contributed by atoms with Gasteiger partial charge in [-0.2, -0.15) is 0 Å². The fourth-order valence-electron chi connectivity index (χ4n) is 2.72. The Morgan fingerprint density at radius 3 is 2.80 bits per heavy atom. The maximum absolute atomic E-state index is 11.4. The Balaban J connectivity index is 1.94. The third-order valence-corrected chi connectivity index (χ3v) is 4.25. The van der Waals surface area contributed by atoms with Crippen molar-refractivity contribution in [3.8, 4) is 5.75 Å². The van der Waals surface area contributed by atoms with Crippen molar-refractivity contribution in [2.45, 2.75) is 45.1 Å². The van der Waals surface area contributed by atoms with Crippen molar-refractivity contribution in [1.29, 1.82) is 0 Å². The molecule has 2 N–H and O–H groups in total. The zero-order valence-electron chi connectivity index (χ0n) is 12.2. The Hall–Kier alpha value is -1.55. The second kappa shape index (κ2) is 6.27. The molecule has 0 saturated heterocycles. The fourth-order valence-corrected chi connectivity index (χ4v) is 2.72. The highest BCUT2D eigenvalue weighted by atomic mass is 16.5. The van der Waals surface area contributed by atoms with E-state index in [1.54, 1.807) is 0 Å². The third-order valence-electron chi connectivity index (χ3n) is 4.25. The first kappa shape index (κ1) is 14.9. The second-order valence-corrected chi connectivity index (χ2v) is 5.31. The molecule has 1 aliphatic rings. The number of fused-ring (bicyclic) bond motifs is 1.